The van der Waals surface area contributed by atoms with Gasteiger partial charge >= 0.3 is 0 Å². The molecule has 6 heteroatoms. The molecular weight excluding hydrogens is 218 g/mol. The summed E-state index contributed by atoms with van der Waals surface area (Å²) in [5.74, 6) is -0.106. The zero-order valence-corrected chi connectivity index (χ0v) is 8.95. The van der Waals surface area contributed by atoms with Gasteiger partial charge in [-0.2, -0.15) is 4.37 Å². The van der Waals surface area contributed by atoms with Gasteiger partial charge in [-0.05, 0) is 24.4 Å². The number of amides is 1. The number of rotatable bonds is 3. The van der Waals surface area contributed by atoms with E-state index in [0.717, 1.165) is 12.8 Å². The molecule has 1 aliphatic rings. The van der Waals surface area contributed by atoms with Crippen molar-refractivity contribution in [3.05, 3.63) is 11.6 Å². The predicted octanol–water partition coefficient (Wildman–Crippen LogP) is 1.15. The highest BCUT2D eigenvalue weighted by Gasteiger charge is 2.52. The Bertz CT molecular complexity index is 370. The summed E-state index contributed by atoms with van der Waals surface area (Å²) in [4.78, 5) is 12.0. The fraction of sp³-hybridized carbons (Fsp3) is 0.375. The molecule has 0 unspecified atom stereocenters. The van der Waals surface area contributed by atoms with Crippen LogP contribution >= 0.6 is 23.8 Å². The van der Waals surface area contributed by atoms with Crippen molar-refractivity contribution in [3.63, 3.8) is 0 Å². The smallest absolute Gasteiger partial charge is 0.237 e. The molecule has 1 amide bonds. The maximum Gasteiger partial charge on any atom is 0.237 e. The summed E-state index contributed by atoms with van der Waals surface area (Å²) >= 11 is 6.16. The van der Waals surface area contributed by atoms with Crippen molar-refractivity contribution in [3.8, 4) is 0 Å². The normalized spacial score (nSPS) is 17.4. The van der Waals surface area contributed by atoms with Crippen molar-refractivity contribution in [1.82, 2.24) is 4.37 Å². The van der Waals surface area contributed by atoms with E-state index in [9.17, 15) is 4.79 Å². The average Bonchev–Trinajstić information content (AvgIpc) is 2.81. The molecule has 1 fully saturated rings. The van der Waals surface area contributed by atoms with Crippen LogP contribution in [0.15, 0.2) is 11.6 Å². The molecule has 1 aliphatic carbocycles. The second-order valence-corrected chi connectivity index (χ2v) is 4.41. The van der Waals surface area contributed by atoms with Gasteiger partial charge in [-0.3, -0.25) is 4.79 Å². The lowest BCUT2D eigenvalue weighted by Crippen LogP contribution is -2.34. The van der Waals surface area contributed by atoms with Crippen LogP contribution in [-0.2, 0) is 4.79 Å². The van der Waals surface area contributed by atoms with Gasteiger partial charge in [0.2, 0.25) is 5.91 Å². The molecule has 0 saturated heterocycles. The highest BCUT2D eigenvalue weighted by Crippen LogP contribution is 2.46. The number of hydrogen-bond acceptors (Lipinski definition) is 4. The Morgan fingerprint density at radius 1 is 1.71 bits per heavy atom. The Morgan fingerprint density at radius 2 is 2.43 bits per heavy atom. The first-order valence-electron chi connectivity index (χ1n) is 4.16. The van der Waals surface area contributed by atoms with Crippen LogP contribution in [-0.4, -0.2) is 15.3 Å². The van der Waals surface area contributed by atoms with E-state index < -0.39 is 5.41 Å². The van der Waals surface area contributed by atoms with Crippen LogP contribution in [0.5, 0.6) is 0 Å². The highest BCUT2D eigenvalue weighted by molar-refractivity contribution is 7.80. The zero-order valence-electron chi connectivity index (χ0n) is 7.32. The van der Waals surface area contributed by atoms with Crippen LogP contribution in [0.4, 0.5) is 5.69 Å². The Labute approximate surface area is 90.7 Å². The molecule has 0 atom stereocenters. The van der Waals surface area contributed by atoms with E-state index in [1.807, 2.05) is 0 Å². The Kier molecular flexibility index (Phi) is 2.24. The number of thiocarbonyl (C=S) groups is 1. The third-order valence-corrected chi connectivity index (χ3v) is 3.32. The second kappa shape index (κ2) is 3.29. The number of nitrogens with two attached hydrogens (primary N) is 1. The summed E-state index contributed by atoms with van der Waals surface area (Å²) in [6, 6.07) is 0. The lowest BCUT2D eigenvalue weighted by Gasteiger charge is -2.11. The largest absolute Gasteiger partial charge is 0.392 e. The molecule has 1 aromatic heterocycles. The third kappa shape index (κ3) is 1.51. The number of nitrogens with zero attached hydrogens (tertiary/aromatic N) is 1. The lowest BCUT2D eigenvalue weighted by molar-refractivity contribution is -0.118. The van der Waals surface area contributed by atoms with Crippen molar-refractivity contribution in [2.24, 2.45) is 11.1 Å². The molecular formula is C8H9N3OS2. The van der Waals surface area contributed by atoms with E-state index in [4.69, 9.17) is 18.0 Å². The Hall–Kier alpha value is -1.01. The standard InChI is InChI=1S/C8H9N3OS2/c9-6(13)8(1-2-8)7(12)11-5-3-10-14-4-5/h3-4H,1-2H2,(H2,9,13)(H,11,12). The highest BCUT2D eigenvalue weighted by atomic mass is 32.1. The van der Waals surface area contributed by atoms with Gasteiger partial charge in [0.05, 0.1) is 22.3 Å². The molecule has 3 N–H and O–H groups in total. The van der Waals surface area contributed by atoms with Gasteiger partial charge in [0.25, 0.3) is 0 Å². The first-order valence-corrected chi connectivity index (χ1v) is 5.40. The summed E-state index contributed by atoms with van der Waals surface area (Å²) in [5, 5.41) is 4.52. The molecule has 0 spiro atoms. The average molecular weight is 227 g/mol. The van der Waals surface area contributed by atoms with Crippen LogP contribution in [0.3, 0.4) is 0 Å². The molecule has 2 rings (SSSR count). The fourth-order valence-corrected chi connectivity index (χ4v) is 1.99. The van der Waals surface area contributed by atoms with E-state index in [1.165, 1.54) is 11.5 Å². The second-order valence-electron chi connectivity index (χ2n) is 3.31. The number of anilines is 1. The minimum Gasteiger partial charge on any atom is -0.392 e. The van der Waals surface area contributed by atoms with Gasteiger partial charge in [0.1, 0.15) is 0 Å². The molecule has 0 radical (unpaired) electrons. The molecule has 4 nitrogen and oxygen atoms in total. The van der Waals surface area contributed by atoms with Crippen molar-refractivity contribution in [1.29, 1.82) is 0 Å². The number of carbonyl (C=O) groups is 1. The van der Waals surface area contributed by atoms with E-state index in [2.05, 4.69) is 9.69 Å². The van der Waals surface area contributed by atoms with Gasteiger partial charge in [0, 0.05) is 5.38 Å². The SMILES string of the molecule is NC(=S)C1(C(=O)Nc2cnsc2)CC1. The van der Waals surface area contributed by atoms with Gasteiger partial charge in [-0.1, -0.05) is 12.2 Å². The number of aromatic nitrogens is 1. The minimum atomic E-state index is -0.586. The lowest BCUT2D eigenvalue weighted by atomic mass is 10.1. The van der Waals surface area contributed by atoms with Gasteiger partial charge in [-0.15, -0.1) is 0 Å². The topological polar surface area (TPSA) is 68.0 Å². The molecule has 1 heterocycles. The summed E-state index contributed by atoms with van der Waals surface area (Å²) in [7, 11) is 0. The predicted molar refractivity (Wildman–Crippen MR) is 59.2 cm³/mol. The van der Waals surface area contributed by atoms with E-state index in [-0.39, 0.29) is 10.9 Å². The Balaban J connectivity index is 2.07. The molecule has 0 aromatic carbocycles. The third-order valence-electron chi connectivity index (χ3n) is 2.35. The van der Waals surface area contributed by atoms with Crippen LogP contribution in [0.1, 0.15) is 12.8 Å². The number of hydrogen-bond donors (Lipinski definition) is 2. The Morgan fingerprint density at radius 3 is 2.86 bits per heavy atom. The molecule has 0 bridgehead atoms. The van der Waals surface area contributed by atoms with Crippen molar-refractivity contribution < 1.29 is 4.79 Å². The van der Waals surface area contributed by atoms with Crippen LogP contribution < -0.4 is 11.1 Å². The molecule has 74 valence electrons. The van der Waals surface area contributed by atoms with E-state index >= 15 is 0 Å². The van der Waals surface area contributed by atoms with E-state index in [1.54, 1.807) is 11.6 Å². The zero-order chi connectivity index (χ0) is 10.2. The van der Waals surface area contributed by atoms with Gasteiger partial charge in [0.15, 0.2) is 0 Å². The minimum absolute atomic E-state index is 0.106. The molecule has 0 aliphatic heterocycles. The number of nitrogens with one attached hydrogen (secondary N) is 1. The van der Waals surface area contributed by atoms with Crippen LogP contribution in [0.2, 0.25) is 0 Å². The molecule has 1 saturated carbocycles. The molecule has 1 aromatic rings. The summed E-state index contributed by atoms with van der Waals surface area (Å²) in [6.07, 6.45) is 3.12. The number of carbonyl (C=O) groups excluding carboxylic acids is 1. The quantitative estimate of drug-likeness (QED) is 0.760. The summed E-state index contributed by atoms with van der Waals surface area (Å²) in [6.45, 7) is 0. The van der Waals surface area contributed by atoms with E-state index in [0.29, 0.717) is 5.69 Å². The maximum atomic E-state index is 11.7. The van der Waals surface area contributed by atoms with Crippen LogP contribution in [0, 0.1) is 5.41 Å². The molecule has 14 heavy (non-hydrogen) atoms. The van der Waals surface area contributed by atoms with Crippen molar-refractivity contribution in [2.75, 3.05) is 5.32 Å². The maximum absolute atomic E-state index is 11.7. The first-order chi connectivity index (χ1) is 6.65. The van der Waals surface area contributed by atoms with Gasteiger partial charge in [-0.25, -0.2) is 0 Å². The van der Waals surface area contributed by atoms with Crippen molar-refractivity contribution in [2.45, 2.75) is 12.8 Å². The summed E-state index contributed by atoms with van der Waals surface area (Å²) < 4.78 is 3.89. The fourth-order valence-electron chi connectivity index (χ4n) is 1.23. The first kappa shape index (κ1) is 9.54. The summed E-state index contributed by atoms with van der Waals surface area (Å²) in [5.41, 5.74) is 5.64. The van der Waals surface area contributed by atoms with Crippen LogP contribution in [0.25, 0.3) is 0 Å². The monoisotopic (exact) mass is 227 g/mol. The van der Waals surface area contributed by atoms with Gasteiger partial charge < -0.3 is 11.1 Å². The van der Waals surface area contributed by atoms with Crippen molar-refractivity contribution >= 4 is 40.3 Å².